The maximum atomic E-state index is 12.7. The van der Waals surface area contributed by atoms with Gasteiger partial charge >= 0.3 is 0 Å². The number of rotatable bonds is 7. The second-order valence-corrected chi connectivity index (χ2v) is 8.11. The Balaban J connectivity index is 1.84. The molecule has 134 valence electrons. The van der Waals surface area contributed by atoms with Crippen LogP contribution in [-0.4, -0.2) is 35.8 Å². The zero-order valence-electron chi connectivity index (χ0n) is 13.9. The summed E-state index contributed by atoms with van der Waals surface area (Å²) in [6.07, 6.45) is 1.75. The molecular formula is C19H18N2O4S. The summed E-state index contributed by atoms with van der Waals surface area (Å²) < 4.78 is 25.3. The summed E-state index contributed by atoms with van der Waals surface area (Å²) in [6.45, 7) is 0. The third-order valence-corrected chi connectivity index (χ3v) is 5.65. The largest absolute Gasteiger partial charge is 0.285 e. The topological polar surface area (TPSA) is 87.6 Å². The van der Waals surface area contributed by atoms with Gasteiger partial charge in [-0.2, -0.15) is 0 Å². The number of hydroxylamine groups is 2. The molecule has 0 aliphatic heterocycles. The molecule has 1 amide bonds. The summed E-state index contributed by atoms with van der Waals surface area (Å²) in [4.78, 5) is 15.3. The van der Waals surface area contributed by atoms with E-state index in [-0.39, 0.29) is 17.9 Å². The number of carbonyl (C=O) groups is 1. The standard InChI is InChI=1S/C19H18N2O4S/c22-14-21(23)19(16-6-2-1-3-7-16)13-26(24,25)12-15-10-17-8-4-5-9-18(17)20-11-15/h1-11,14,19,23H,12-13H2. The minimum absolute atomic E-state index is 0.213. The molecule has 1 N–H and O–H groups in total. The van der Waals surface area contributed by atoms with Crippen molar-refractivity contribution >= 4 is 27.2 Å². The van der Waals surface area contributed by atoms with Gasteiger partial charge in [-0.1, -0.05) is 48.5 Å². The molecule has 6 nitrogen and oxygen atoms in total. The van der Waals surface area contributed by atoms with Crippen LogP contribution in [0.2, 0.25) is 0 Å². The molecule has 7 heteroatoms. The highest BCUT2D eigenvalue weighted by atomic mass is 32.2. The van der Waals surface area contributed by atoms with Gasteiger partial charge in [-0.05, 0) is 23.3 Å². The third-order valence-electron chi connectivity index (χ3n) is 4.06. The molecule has 3 rings (SSSR count). The number of hydrogen-bond donors (Lipinski definition) is 1. The van der Waals surface area contributed by atoms with Gasteiger partial charge < -0.3 is 0 Å². The minimum Gasteiger partial charge on any atom is -0.285 e. The number of hydrogen-bond acceptors (Lipinski definition) is 5. The van der Waals surface area contributed by atoms with E-state index < -0.39 is 15.9 Å². The summed E-state index contributed by atoms with van der Waals surface area (Å²) in [5.74, 6) is -0.611. The predicted octanol–water partition coefficient (Wildman–Crippen LogP) is 2.74. The average Bonchev–Trinajstić information content (AvgIpc) is 2.66. The van der Waals surface area contributed by atoms with E-state index in [0.29, 0.717) is 16.2 Å². The van der Waals surface area contributed by atoms with Crippen LogP contribution in [0.3, 0.4) is 0 Å². The van der Waals surface area contributed by atoms with E-state index in [4.69, 9.17) is 0 Å². The van der Waals surface area contributed by atoms with Gasteiger partial charge in [0.25, 0.3) is 0 Å². The van der Waals surface area contributed by atoms with E-state index in [1.165, 1.54) is 6.20 Å². The Bertz CT molecular complexity index is 1010. The second-order valence-electron chi connectivity index (χ2n) is 6.00. The van der Waals surface area contributed by atoms with Crippen LogP contribution in [0.15, 0.2) is 66.9 Å². The van der Waals surface area contributed by atoms with Gasteiger partial charge in [0.2, 0.25) is 6.41 Å². The first-order chi connectivity index (χ1) is 12.5. The minimum atomic E-state index is -3.61. The normalized spacial score (nSPS) is 12.7. The first kappa shape index (κ1) is 18.0. The highest BCUT2D eigenvalue weighted by Crippen LogP contribution is 2.22. The molecule has 0 spiro atoms. The third kappa shape index (κ3) is 4.25. The molecule has 3 aromatic rings. The molecule has 1 heterocycles. The van der Waals surface area contributed by atoms with Crippen molar-refractivity contribution in [3.05, 3.63) is 78.0 Å². The van der Waals surface area contributed by atoms with Gasteiger partial charge in [0, 0.05) is 11.6 Å². The van der Waals surface area contributed by atoms with Crippen molar-refractivity contribution < 1.29 is 18.4 Å². The number of carbonyl (C=O) groups excluding carboxylic acids is 1. The molecule has 1 aromatic heterocycles. The Kier molecular flexibility index (Phi) is 5.29. The molecule has 0 saturated heterocycles. The van der Waals surface area contributed by atoms with E-state index in [9.17, 15) is 18.4 Å². The summed E-state index contributed by atoms with van der Waals surface area (Å²) in [6, 6.07) is 16.8. The van der Waals surface area contributed by atoms with E-state index in [1.807, 2.05) is 24.3 Å². The van der Waals surface area contributed by atoms with Crippen molar-refractivity contribution in [2.45, 2.75) is 11.8 Å². The summed E-state index contributed by atoms with van der Waals surface area (Å²) in [5.41, 5.74) is 1.90. The fraction of sp³-hybridized carbons (Fsp3) is 0.158. The molecule has 2 aromatic carbocycles. The molecule has 0 fully saturated rings. The fourth-order valence-electron chi connectivity index (χ4n) is 2.82. The Hall–Kier alpha value is -2.77. The number of para-hydroxylation sites is 1. The number of benzene rings is 2. The summed E-state index contributed by atoms with van der Waals surface area (Å²) in [5, 5.41) is 11.1. The Morgan fingerprint density at radius 3 is 2.50 bits per heavy atom. The zero-order chi connectivity index (χ0) is 18.6. The van der Waals surface area contributed by atoms with E-state index in [1.54, 1.807) is 36.4 Å². The highest BCUT2D eigenvalue weighted by molar-refractivity contribution is 7.90. The van der Waals surface area contributed by atoms with Crippen LogP contribution in [0.1, 0.15) is 17.2 Å². The van der Waals surface area contributed by atoms with Crippen molar-refractivity contribution in [3.63, 3.8) is 0 Å². The molecule has 26 heavy (non-hydrogen) atoms. The van der Waals surface area contributed by atoms with Crippen molar-refractivity contribution in [1.82, 2.24) is 10.0 Å². The van der Waals surface area contributed by atoms with Crippen LogP contribution >= 0.6 is 0 Å². The van der Waals surface area contributed by atoms with Crippen LogP contribution in [0.4, 0.5) is 0 Å². The lowest BCUT2D eigenvalue weighted by Crippen LogP contribution is -2.30. The van der Waals surface area contributed by atoms with Crippen LogP contribution in [0, 0.1) is 0 Å². The van der Waals surface area contributed by atoms with Crippen molar-refractivity contribution in [2.24, 2.45) is 0 Å². The van der Waals surface area contributed by atoms with Gasteiger partial charge in [-0.25, -0.2) is 13.5 Å². The number of amides is 1. The number of fused-ring (bicyclic) bond motifs is 1. The molecular weight excluding hydrogens is 352 g/mol. The number of aromatic nitrogens is 1. The molecule has 0 saturated carbocycles. The van der Waals surface area contributed by atoms with Crippen molar-refractivity contribution in [1.29, 1.82) is 0 Å². The Morgan fingerprint density at radius 2 is 1.77 bits per heavy atom. The molecule has 1 unspecified atom stereocenters. The maximum Gasteiger partial charge on any atom is 0.233 e. The first-order valence-corrected chi connectivity index (χ1v) is 9.82. The molecule has 1 atom stereocenters. The molecule has 0 radical (unpaired) electrons. The van der Waals surface area contributed by atoms with E-state index >= 15 is 0 Å². The van der Waals surface area contributed by atoms with Gasteiger partial charge in [0.15, 0.2) is 9.84 Å². The molecule has 0 bridgehead atoms. The number of nitrogens with zero attached hydrogens (tertiary/aromatic N) is 2. The predicted molar refractivity (Wildman–Crippen MR) is 98.1 cm³/mol. The van der Waals surface area contributed by atoms with Crippen LogP contribution in [-0.2, 0) is 20.4 Å². The van der Waals surface area contributed by atoms with Crippen LogP contribution in [0.5, 0.6) is 0 Å². The van der Waals surface area contributed by atoms with Crippen LogP contribution < -0.4 is 0 Å². The summed E-state index contributed by atoms with van der Waals surface area (Å²) >= 11 is 0. The van der Waals surface area contributed by atoms with Crippen molar-refractivity contribution in [3.8, 4) is 0 Å². The maximum absolute atomic E-state index is 12.7. The van der Waals surface area contributed by atoms with E-state index in [0.717, 1.165) is 10.9 Å². The van der Waals surface area contributed by atoms with Crippen molar-refractivity contribution in [2.75, 3.05) is 5.75 Å². The van der Waals surface area contributed by atoms with E-state index in [2.05, 4.69) is 4.98 Å². The highest BCUT2D eigenvalue weighted by Gasteiger charge is 2.25. The Morgan fingerprint density at radius 1 is 1.08 bits per heavy atom. The van der Waals surface area contributed by atoms with Gasteiger partial charge in [-0.3, -0.25) is 15.0 Å². The lowest BCUT2D eigenvalue weighted by atomic mass is 10.1. The zero-order valence-corrected chi connectivity index (χ0v) is 14.7. The van der Waals surface area contributed by atoms with Gasteiger partial charge in [0.05, 0.1) is 23.1 Å². The average molecular weight is 370 g/mol. The lowest BCUT2D eigenvalue weighted by molar-refractivity contribution is -0.158. The van der Waals surface area contributed by atoms with Gasteiger partial charge in [0.1, 0.15) is 0 Å². The second kappa shape index (κ2) is 7.63. The SMILES string of the molecule is O=CN(O)C(CS(=O)(=O)Cc1cnc2ccccc2c1)c1ccccc1. The first-order valence-electron chi connectivity index (χ1n) is 8.00. The number of pyridine rings is 1. The van der Waals surface area contributed by atoms with Crippen LogP contribution in [0.25, 0.3) is 10.9 Å². The fourth-order valence-corrected chi connectivity index (χ4v) is 4.43. The van der Waals surface area contributed by atoms with Gasteiger partial charge in [-0.15, -0.1) is 0 Å². The molecule has 0 aliphatic carbocycles. The Labute approximate surface area is 151 Å². The summed E-state index contributed by atoms with van der Waals surface area (Å²) in [7, 11) is -3.61. The monoisotopic (exact) mass is 370 g/mol. The number of sulfone groups is 1. The quantitative estimate of drug-likeness (QED) is 0.392. The lowest BCUT2D eigenvalue weighted by Gasteiger charge is -2.22. The molecule has 0 aliphatic rings. The smallest absolute Gasteiger partial charge is 0.233 e.